The smallest absolute Gasteiger partial charge is 0.320 e. The fraction of sp³-hybridized carbons (Fsp3) is 0.444. The summed E-state index contributed by atoms with van der Waals surface area (Å²) in [6.45, 7) is 4.91. The molecule has 77 heavy (non-hydrogen) atoms. The number of anilines is 4. The van der Waals surface area contributed by atoms with Crippen LogP contribution in [0.2, 0.25) is 10.0 Å². The first kappa shape index (κ1) is 56.7. The maximum atomic E-state index is 13.6. The Hall–Kier alpha value is -6.45. The number of morpholine rings is 2. The lowest BCUT2D eigenvalue weighted by molar-refractivity contribution is 0.0369. The van der Waals surface area contributed by atoms with E-state index in [-0.39, 0.29) is 58.8 Å². The van der Waals surface area contributed by atoms with Crippen LogP contribution in [-0.2, 0) is 9.47 Å². The molecule has 10 rings (SSSR count). The van der Waals surface area contributed by atoms with Crippen molar-refractivity contribution in [2.75, 3.05) is 91.6 Å². The number of urea groups is 2. The molecule has 4 fully saturated rings. The number of halogens is 5. The number of amides is 4. The van der Waals surface area contributed by atoms with Gasteiger partial charge in [-0.15, -0.1) is 12.4 Å². The summed E-state index contributed by atoms with van der Waals surface area (Å²) in [6, 6.07) is 16.6. The number of ether oxygens (including phenoxy) is 6. The minimum atomic E-state index is -0.489. The van der Waals surface area contributed by atoms with Gasteiger partial charge in [0.1, 0.15) is 35.9 Å². The van der Waals surface area contributed by atoms with Gasteiger partial charge in [-0.3, -0.25) is 0 Å². The van der Waals surface area contributed by atoms with Gasteiger partial charge < -0.3 is 58.7 Å². The maximum Gasteiger partial charge on any atom is 0.320 e. The van der Waals surface area contributed by atoms with Gasteiger partial charge >= 0.3 is 12.1 Å². The van der Waals surface area contributed by atoms with E-state index in [1.165, 1.54) is 36.9 Å². The van der Waals surface area contributed by atoms with Crippen molar-refractivity contribution in [2.45, 2.75) is 75.7 Å². The standard InChI is InChI=1S/2C27H31ClFN5O4.ClH/c2*1-33(27(35)34-9-11-37-12-10-34)18-4-6-19(7-5-18)38-25-14-20-23(15-24(25)36-2)30-16-31-26(20)32-17-3-8-22(29)21(28)13-17;/h2*3,8,13-16,18-19H,4-7,9-12H2,1-2H3,(H,30,31,32);1H. The molecular weight excluding hydrogens is 1060 g/mol. The van der Waals surface area contributed by atoms with Crippen LogP contribution >= 0.6 is 35.6 Å². The summed E-state index contributed by atoms with van der Waals surface area (Å²) in [5, 5.41) is 7.88. The molecule has 0 radical (unpaired) electrons. The Bertz CT molecular complexity index is 2800. The molecular formula is C54H63Cl3F2N10O8. The second-order valence-electron chi connectivity index (χ2n) is 19.1. The quantitative estimate of drug-likeness (QED) is 0.118. The number of nitrogens with one attached hydrogen (secondary N) is 2. The molecule has 2 saturated carbocycles. The molecule has 2 saturated heterocycles. The van der Waals surface area contributed by atoms with Crippen LogP contribution in [-0.4, -0.2) is 157 Å². The van der Waals surface area contributed by atoms with E-state index in [1.807, 2.05) is 58.0 Å². The van der Waals surface area contributed by atoms with Gasteiger partial charge in [-0.25, -0.2) is 38.3 Å². The Kier molecular flexibility index (Phi) is 19.4. The lowest BCUT2D eigenvalue weighted by atomic mass is 9.92. The van der Waals surface area contributed by atoms with E-state index in [9.17, 15) is 18.4 Å². The molecule has 412 valence electrons. The van der Waals surface area contributed by atoms with E-state index in [1.54, 1.807) is 26.4 Å². The Morgan fingerprint density at radius 3 is 1.30 bits per heavy atom. The lowest BCUT2D eigenvalue weighted by Crippen LogP contribution is -2.51. The topological polar surface area (TPSA) is 178 Å². The third-order valence-electron chi connectivity index (χ3n) is 14.3. The number of carbonyl (C=O) groups is 2. The average molecular weight is 1120 g/mol. The number of fused-ring (bicyclic) bond motifs is 2. The monoisotopic (exact) mass is 1120 g/mol. The van der Waals surface area contributed by atoms with Gasteiger partial charge in [0.2, 0.25) is 0 Å². The van der Waals surface area contributed by atoms with Gasteiger partial charge in [0.05, 0.1) is 73.9 Å². The number of hydrogen-bond donors (Lipinski definition) is 2. The van der Waals surface area contributed by atoms with Crippen molar-refractivity contribution >= 4 is 92.5 Å². The molecule has 2 aromatic heterocycles. The largest absolute Gasteiger partial charge is 0.493 e. The number of carbonyl (C=O) groups excluding carboxylic acids is 2. The van der Waals surface area contributed by atoms with Gasteiger partial charge in [0, 0.05) is 86.6 Å². The highest BCUT2D eigenvalue weighted by molar-refractivity contribution is 6.31. The molecule has 2 aliphatic heterocycles. The first-order valence-corrected chi connectivity index (χ1v) is 26.2. The molecule has 4 amide bonds. The van der Waals surface area contributed by atoms with E-state index in [2.05, 4.69) is 30.6 Å². The van der Waals surface area contributed by atoms with Gasteiger partial charge in [-0.1, -0.05) is 23.2 Å². The normalized spacial score (nSPS) is 19.5. The third-order valence-corrected chi connectivity index (χ3v) is 14.9. The summed E-state index contributed by atoms with van der Waals surface area (Å²) >= 11 is 11.9. The zero-order valence-corrected chi connectivity index (χ0v) is 45.6. The van der Waals surface area contributed by atoms with Crippen molar-refractivity contribution in [1.29, 1.82) is 0 Å². The van der Waals surface area contributed by atoms with Crippen molar-refractivity contribution in [3.05, 3.63) is 95.0 Å². The molecule has 23 heteroatoms. The van der Waals surface area contributed by atoms with Crippen molar-refractivity contribution in [3.8, 4) is 23.0 Å². The van der Waals surface area contributed by atoms with Gasteiger partial charge in [0.25, 0.3) is 0 Å². The van der Waals surface area contributed by atoms with Crippen LogP contribution < -0.4 is 29.6 Å². The Balaban J connectivity index is 0.000000201. The predicted octanol–water partition coefficient (Wildman–Crippen LogP) is 10.9. The summed E-state index contributed by atoms with van der Waals surface area (Å²) < 4.78 is 62.0. The highest BCUT2D eigenvalue weighted by atomic mass is 35.5. The van der Waals surface area contributed by atoms with E-state index in [4.69, 9.17) is 51.6 Å². The van der Waals surface area contributed by atoms with Crippen LogP contribution in [0.1, 0.15) is 51.4 Å². The fourth-order valence-corrected chi connectivity index (χ4v) is 10.3. The number of benzene rings is 4. The van der Waals surface area contributed by atoms with Crippen molar-refractivity contribution < 1.29 is 46.8 Å². The van der Waals surface area contributed by atoms with Crippen molar-refractivity contribution in [1.82, 2.24) is 39.5 Å². The fourth-order valence-electron chi connectivity index (χ4n) is 9.98. The zero-order chi connectivity index (χ0) is 53.3. The van der Waals surface area contributed by atoms with Crippen LogP contribution in [0.15, 0.2) is 73.3 Å². The maximum absolute atomic E-state index is 13.6. The zero-order valence-electron chi connectivity index (χ0n) is 43.3. The molecule has 2 N–H and O–H groups in total. The van der Waals surface area contributed by atoms with E-state index in [0.29, 0.717) is 110 Å². The number of rotatable bonds is 12. The average Bonchev–Trinajstić information content (AvgIpc) is 3.45. The molecule has 0 unspecified atom stereocenters. The molecule has 0 bridgehead atoms. The van der Waals surface area contributed by atoms with E-state index >= 15 is 0 Å². The molecule has 0 atom stereocenters. The van der Waals surface area contributed by atoms with Crippen molar-refractivity contribution in [3.63, 3.8) is 0 Å². The number of nitrogens with zero attached hydrogens (tertiary/aromatic N) is 8. The lowest BCUT2D eigenvalue weighted by Gasteiger charge is -2.38. The number of methoxy groups -OCH3 is 2. The highest BCUT2D eigenvalue weighted by Gasteiger charge is 2.33. The second kappa shape index (κ2) is 26.3. The molecule has 4 aliphatic rings. The number of hydrogen-bond acceptors (Lipinski definition) is 14. The molecule has 6 aromatic rings. The number of aromatic nitrogens is 4. The summed E-state index contributed by atoms with van der Waals surface area (Å²) in [6.07, 6.45) is 9.56. The Morgan fingerprint density at radius 2 is 0.948 bits per heavy atom. The summed E-state index contributed by atoms with van der Waals surface area (Å²) in [5.74, 6) is 2.44. The molecule has 18 nitrogen and oxygen atoms in total. The highest BCUT2D eigenvalue weighted by Crippen LogP contribution is 2.40. The first-order chi connectivity index (χ1) is 36.8. The molecule has 2 aliphatic carbocycles. The van der Waals surface area contributed by atoms with E-state index < -0.39 is 11.6 Å². The SMILES string of the molecule is COc1cc2ncnc(Nc3ccc(F)c(Cl)c3)c2cc1OC1CCC(N(C)C(=O)N2CCOCC2)CC1.COc1cc2ncnc(Nc3ccc(F)c(Cl)c3)c2cc1OC1CCC(N(C)C(=O)N2CCOCC2)CC1.Cl. The van der Waals surface area contributed by atoms with Gasteiger partial charge in [0.15, 0.2) is 23.0 Å². The minimum absolute atomic E-state index is 0. The van der Waals surface area contributed by atoms with Gasteiger partial charge in [-0.2, -0.15) is 0 Å². The van der Waals surface area contributed by atoms with Crippen LogP contribution in [0.3, 0.4) is 0 Å². The van der Waals surface area contributed by atoms with Crippen LogP contribution in [0, 0.1) is 11.6 Å². The second-order valence-corrected chi connectivity index (χ2v) is 19.9. The predicted molar refractivity (Wildman–Crippen MR) is 293 cm³/mol. The molecule has 0 spiro atoms. The van der Waals surface area contributed by atoms with Crippen LogP contribution in [0.4, 0.5) is 41.4 Å². The van der Waals surface area contributed by atoms with Crippen molar-refractivity contribution in [2.24, 2.45) is 0 Å². The summed E-state index contributed by atoms with van der Waals surface area (Å²) in [5.41, 5.74) is 2.55. The molecule has 4 heterocycles. The summed E-state index contributed by atoms with van der Waals surface area (Å²) in [7, 11) is 6.97. The first-order valence-electron chi connectivity index (χ1n) is 25.5. The van der Waals surface area contributed by atoms with E-state index in [0.717, 1.165) is 62.1 Å². The van der Waals surface area contributed by atoms with Crippen LogP contribution in [0.5, 0.6) is 23.0 Å². The van der Waals surface area contributed by atoms with Crippen LogP contribution in [0.25, 0.3) is 21.8 Å². The minimum Gasteiger partial charge on any atom is -0.493 e. The summed E-state index contributed by atoms with van der Waals surface area (Å²) in [4.78, 5) is 50.7. The Labute approximate surface area is 462 Å². The Morgan fingerprint density at radius 1 is 0.571 bits per heavy atom. The van der Waals surface area contributed by atoms with Gasteiger partial charge in [-0.05, 0) is 99.9 Å². The third kappa shape index (κ3) is 13.8. The molecule has 4 aromatic carbocycles.